The van der Waals surface area contributed by atoms with E-state index in [9.17, 15) is 14.4 Å². The number of nitrogens with two attached hydrogens (primary N) is 1. The molecule has 170 valence electrons. The van der Waals surface area contributed by atoms with Gasteiger partial charge in [-0.25, -0.2) is 0 Å². The number of primary amides is 1. The molecular weight excluding hydrogens is 462 g/mol. The highest BCUT2D eigenvalue weighted by Gasteiger charge is 2.42. The average Bonchev–Trinajstić information content (AvgIpc) is 3.23. The number of methoxy groups -OCH3 is 2. The van der Waals surface area contributed by atoms with Crippen molar-refractivity contribution in [2.24, 2.45) is 5.73 Å². The number of hydrogen-bond acceptors (Lipinski definition) is 7. The number of rotatable bonds is 7. The van der Waals surface area contributed by atoms with Crippen LogP contribution in [0.3, 0.4) is 0 Å². The molecule has 4 rings (SSSR count). The van der Waals surface area contributed by atoms with Gasteiger partial charge in [-0.2, -0.15) is 0 Å². The summed E-state index contributed by atoms with van der Waals surface area (Å²) in [5, 5.41) is 0. The molecule has 0 aromatic heterocycles. The van der Waals surface area contributed by atoms with Gasteiger partial charge in [-0.05, 0) is 30.2 Å². The van der Waals surface area contributed by atoms with E-state index in [1.54, 1.807) is 38.5 Å². The first kappa shape index (κ1) is 22.8. The monoisotopic (exact) mass is 483 g/mol. The Kier molecular flexibility index (Phi) is 6.39. The van der Waals surface area contributed by atoms with Gasteiger partial charge in [0.2, 0.25) is 5.91 Å². The fourth-order valence-corrected chi connectivity index (χ4v) is 5.21. The summed E-state index contributed by atoms with van der Waals surface area (Å²) in [6.07, 6.45) is 0.535. The number of amides is 3. The van der Waals surface area contributed by atoms with Gasteiger partial charge < -0.3 is 15.2 Å². The van der Waals surface area contributed by atoms with Gasteiger partial charge in [0.15, 0.2) is 11.5 Å². The van der Waals surface area contributed by atoms with Crippen LogP contribution in [-0.2, 0) is 20.8 Å². The Morgan fingerprint density at radius 2 is 1.76 bits per heavy atom. The number of hydrogen-bond donors (Lipinski definition) is 1. The number of carbonyl (C=O) groups excluding carboxylic acids is 3. The highest BCUT2D eigenvalue weighted by atomic mass is 32.2. The molecule has 0 spiro atoms. The fraction of sp³-hybridized carbons (Fsp3) is 0.217. The Labute approximate surface area is 200 Å². The van der Waals surface area contributed by atoms with Crippen molar-refractivity contribution in [3.8, 4) is 11.5 Å². The lowest BCUT2D eigenvalue weighted by atomic mass is 10.1. The number of para-hydroxylation sites is 1. The summed E-state index contributed by atoms with van der Waals surface area (Å²) in [5.41, 5.74) is 7.66. The second kappa shape index (κ2) is 9.24. The first-order valence-corrected chi connectivity index (χ1v) is 11.3. The van der Waals surface area contributed by atoms with E-state index in [-0.39, 0.29) is 22.9 Å². The van der Waals surface area contributed by atoms with Gasteiger partial charge in [-0.1, -0.05) is 48.2 Å². The van der Waals surface area contributed by atoms with E-state index in [4.69, 9.17) is 27.4 Å². The molecule has 2 aliphatic rings. The third-order valence-electron chi connectivity index (χ3n) is 5.39. The number of carbonyl (C=O) groups is 3. The van der Waals surface area contributed by atoms with Crippen molar-refractivity contribution in [2.75, 3.05) is 32.2 Å². The van der Waals surface area contributed by atoms with Crippen LogP contribution in [0.4, 0.5) is 5.69 Å². The van der Waals surface area contributed by atoms with E-state index in [2.05, 4.69) is 0 Å². The molecule has 2 heterocycles. The Hall–Kier alpha value is -3.37. The Morgan fingerprint density at radius 3 is 2.45 bits per heavy atom. The summed E-state index contributed by atoms with van der Waals surface area (Å²) in [7, 11) is 3.13. The predicted molar refractivity (Wildman–Crippen MR) is 130 cm³/mol. The van der Waals surface area contributed by atoms with E-state index in [0.29, 0.717) is 40.0 Å². The molecule has 3 amide bonds. The Balaban J connectivity index is 1.60. The summed E-state index contributed by atoms with van der Waals surface area (Å²) in [4.78, 5) is 41.0. The molecule has 2 aromatic carbocycles. The standard InChI is InChI=1S/C23H21N3O5S2/c1-30-16-8-7-13(11-17(16)31-2)9-10-25-22(29)20(33-23(25)32)19-14-5-3-4-6-15(14)26(21(19)28)12-18(24)27/h3-8,11H,9-10,12H2,1-2H3,(H2,24,27)/b20-19-. The summed E-state index contributed by atoms with van der Waals surface area (Å²) in [6.45, 7) is 0.0801. The lowest BCUT2D eigenvalue weighted by Crippen LogP contribution is -2.36. The van der Waals surface area contributed by atoms with E-state index in [1.165, 1.54) is 9.80 Å². The zero-order valence-electron chi connectivity index (χ0n) is 18.0. The molecule has 0 bridgehead atoms. The molecule has 1 fully saturated rings. The van der Waals surface area contributed by atoms with Gasteiger partial charge in [-0.3, -0.25) is 24.2 Å². The van der Waals surface area contributed by atoms with Crippen LogP contribution in [0.25, 0.3) is 5.57 Å². The van der Waals surface area contributed by atoms with Gasteiger partial charge >= 0.3 is 0 Å². The van der Waals surface area contributed by atoms with Crippen molar-refractivity contribution in [1.82, 2.24) is 4.90 Å². The zero-order valence-corrected chi connectivity index (χ0v) is 19.6. The van der Waals surface area contributed by atoms with Crippen LogP contribution in [0.5, 0.6) is 11.5 Å². The highest BCUT2D eigenvalue weighted by Crippen LogP contribution is 2.44. The number of thiocarbonyl (C=S) groups is 1. The average molecular weight is 484 g/mol. The maximum atomic E-state index is 13.3. The molecule has 0 aliphatic carbocycles. The van der Waals surface area contributed by atoms with Crippen LogP contribution in [0, 0.1) is 0 Å². The smallest absolute Gasteiger partial charge is 0.267 e. The second-order valence-corrected chi connectivity index (χ2v) is 8.99. The Morgan fingerprint density at radius 1 is 1.03 bits per heavy atom. The van der Waals surface area contributed by atoms with E-state index < -0.39 is 11.8 Å². The van der Waals surface area contributed by atoms with Crippen LogP contribution in [0.15, 0.2) is 47.4 Å². The minimum absolute atomic E-state index is 0.248. The second-order valence-electron chi connectivity index (χ2n) is 7.34. The molecule has 2 aliphatic heterocycles. The van der Waals surface area contributed by atoms with Gasteiger partial charge in [0.25, 0.3) is 11.8 Å². The number of anilines is 1. The van der Waals surface area contributed by atoms with Crippen molar-refractivity contribution in [2.45, 2.75) is 6.42 Å². The van der Waals surface area contributed by atoms with Crippen LogP contribution in [0.1, 0.15) is 11.1 Å². The molecule has 10 heteroatoms. The number of ether oxygens (including phenoxy) is 2. The van der Waals surface area contributed by atoms with E-state index in [0.717, 1.165) is 17.3 Å². The van der Waals surface area contributed by atoms with Crippen molar-refractivity contribution in [1.29, 1.82) is 0 Å². The first-order valence-electron chi connectivity index (χ1n) is 10.0. The van der Waals surface area contributed by atoms with Crippen LogP contribution in [0.2, 0.25) is 0 Å². The van der Waals surface area contributed by atoms with Crippen molar-refractivity contribution in [3.63, 3.8) is 0 Å². The summed E-state index contributed by atoms with van der Waals surface area (Å²) in [5.74, 6) is -0.178. The molecule has 2 aromatic rings. The number of benzene rings is 2. The predicted octanol–water partition coefficient (Wildman–Crippen LogP) is 2.35. The van der Waals surface area contributed by atoms with Crippen LogP contribution >= 0.6 is 24.0 Å². The van der Waals surface area contributed by atoms with Crippen molar-refractivity contribution in [3.05, 3.63) is 58.5 Å². The molecule has 0 saturated carbocycles. The summed E-state index contributed by atoms with van der Waals surface area (Å²) in [6, 6.07) is 12.6. The number of thioether (sulfide) groups is 1. The lowest BCUT2D eigenvalue weighted by molar-refractivity contribution is -0.122. The third kappa shape index (κ3) is 4.19. The van der Waals surface area contributed by atoms with E-state index in [1.807, 2.05) is 18.2 Å². The molecule has 8 nitrogen and oxygen atoms in total. The summed E-state index contributed by atoms with van der Waals surface area (Å²) < 4.78 is 11.0. The number of nitrogens with zero attached hydrogens (tertiary/aromatic N) is 2. The molecular formula is C23H21N3O5S2. The third-order valence-corrected chi connectivity index (χ3v) is 6.83. The largest absolute Gasteiger partial charge is 0.493 e. The van der Waals surface area contributed by atoms with Gasteiger partial charge in [0.05, 0.1) is 30.4 Å². The quantitative estimate of drug-likeness (QED) is 0.476. The van der Waals surface area contributed by atoms with Crippen molar-refractivity contribution >= 4 is 57.3 Å². The number of fused-ring (bicyclic) bond motifs is 1. The minimum Gasteiger partial charge on any atom is -0.493 e. The minimum atomic E-state index is -0.637. The first-order chi connectivity index (χ1) is 15.8. The SMILES string of the molecule is COc1ccc(CCN2C(=O)/C(=C3/C(=O)N(CC(N)=O)c4ccccc43)SC2=S)cc1OC. The molecule has 2 N–H and O–H groups in total. The molecule has 0 atom stereocenters. The molecule has 0 unspecified atom stereocenters. The highest BCUT2D eigenvalue weighted by molar-refractivity contribution is 8.26. The summed E-state index contributed by atoms with van der Waals surface area (Å²) >= 11 is 6.56. The topological polar surface area (TPSA) is 102 Å². The van der Waals surface area contributed by atoms with Crippen LogP contribution in [-0.4, -0.2) is 54.3 Å². The molecule has 1 saturated heterocycles. The van der Waals surface area contributed by atoms with Crippen LogP contribution < -0.4 is 20.1 Å². The van der Waals surface area contributed by atoms with Gasteiger partial charge in [-0.15, -0.1) is 0 Å². The molecule has 33 heavy (non-hydrogen) atoms. The fourth-order valence-electron chi connectivity index (χ4n) is 3.83. The lowest BCUT2D eigenvalue weighted by Gasteiger charge is -2.15. The molecule has 0 radical (unpaired) electrons. The van der Waals surface area contributed by atoms with Gasteiger partial charge in [0.1, 0.15) is 10.9 Å². The maximum Gasteiger partial charge on any atom is 0.267 e. The zero-order chi connectivity index (χ0) is 23.7. The Bertz CT molecular complexity index is 1210. The normalized spacial score (nSPS) is 17.6. The van der Waals surface area contributed by atoms with E-state index >= 15 is 0 Å². The maximum absolute atomic E-state index is 13.3. The van der Waals surface area contributed by atoms with Gasteiger partial charge in [0, 0.05) is 12.1 Å². The van der Waals surface area contributed by atoms with Crippen molar-refractivity contribution < 1.29 is 23.9 Å².